The number of nitrogens with zero attached hydrogens (tertiary/aromatic N) is 1. The molecule has 1 aliphatic rings. The topological polar surface area (TPSA) is 72.6 Å². The van der Waals surface area contributed by atoms with E-state index in [0.29, 0.717) is 48.5 Å². The van der Waals surface area contributed by atoms with E-state index >= 15 is 0 Å². The highest BCUT2D eigenvalue weighted by molar-refractivity contribution is 7.89. The number of halogens is 2. The Morgan fingerprint density at radius 3 is 2.80 bits per heavy atom. The first-order valence-corrected chi connectivity index (χ1v) is 8.54. The maximum atomic E-state index is 11.2. The van der Waals surface area contributed by atoms with Gasteiger partial charge >= 0.3 is 0 Å². The second-order valence-corrected chi connectivity index (χ2v) is 7.41. The second-order valence-electron chi connectivity index (χ2n) is 4.72. The summed E-state index contributed by atoms with van der Waals surface area (Å²) >= 11 is 11.8. The van der Waals surface area contributed by atoms with Crippen molar-refractivity contribution in [3.63, 3.8) is 0 Å². The predicted molar refractivity (Wildman–Crippen MR) is 79.9 cm³/mol. The minimum atomic E-state index is -3.45. The quantitative estimate of drug-likeness (QED) is 0.887. The van der Waals surface area contributed by atoms with E-state index in [4.69, 9.17) is 33.1 Å². The number of hydrogen-bond donors (Lipinski definition) is 1. The lowest BCUT2D eigenvalue weighted by Gasteiger charge is -2.16. The Bertz CT molecular complexity index is 580. The molecule has 112 valence electrons. The van der Waals surface area contributed by atoms with Crippen LogP contribution < -0.4 is 9.88 Å². The van der Waals surface area contributed by atoms with E-state index in [2.05, 4.69) is 0 Å². The van der Waals surface area contributed by atoms with Gasteiger partial charge in [-0.1, -0.05) is 23.2 Å². The third-order valence-corrected chi connectivity index (χ3v) is 5.11. The molecule has 8 heteroatoms. The molecule has 0 bridgehead atoms. The monoisotopic (exact) mass is 338 g/mol. The van der Waals surface area contributed by atoms with Crippen molar-refractivity contribution >= 4 is 33.2 Å². The number of primary sulfonamides is 1. The lowest BCUT2D eigenvalue weighted by atomic mass is 10.3. The predicted octanol–water partition coefficient (Wildman–Crippen LogP) is 1.74. The Morgan fingerprint density at radius 1 is 1.40 bits per heavy atom. The summed E-state index contributed by atoms with van der Waals surface area (Å²) < 4.78 is 28.1. The van der Waals surface area contributed by atoms with Crippen LogP contribution in [0.1, 0.15) is 6.42 Å². The molecule has 1 atom stereocenters. The van der Waals surface area contributed by atoms with Crippen molar-refractivity contribution in [3.8, 4) is 5.75 Å². The average molecular weight is 339 g/mol. The molecule has 1 aromatic rings. The van der Waals surface area contributed by atoms with E-state index in [0.717, 1.165) is 0 Å². The van der Waals surface area contributed by atoms with E-state index < -0.39 is 15.3 Å². The van der Waals surface area contributed by atoms with E-state index in [1.165, 1.54) is 0 Å². The number of nitrogens with two attached hydrogens (primary N) is 1. The molecule has 20 heavy (non-hydrogen) atoms. The molecule has 0 saturated carbocycles. The van der Waals surface area contributed by atoms with Crippen molar-refractivity contribution in [2.45, 2.75) is 11.7 Å². The lowest BCUT2D eigenvalue weighted by molar-refractivity contribution is 0.238. The van der Waals surface area contributed by atoms with Crippen LogP contribution in [-0.4, -0.2) is 44.8 Å². The minimum absolute atomic E-state index is 0.414. The summed E-state index contributed by atoms with van der Waals surface area (Å²) in [4.78, 5) is 2.01. The smallest absolute Gasteiger partial charge is 0.213 e. The molecule has 1 heterocycles. The molecular weight excluding hydrogens is 323 g/mol. The van der Waals surface area contributed by atoms with Crippen molar-refractivity contribution in [1.29, 1.82) is 0 Å². The van der Waals surface area contributed by atoms with E-state index in [1.54, 1.807) is 18.2 Å². The normalized spacial score (nSPS) is 20.2. The summed E-state index contributed by atoms with van der Waals surface area (Å²) in [5, 5.41) is 5.72. The van der Waals surface area contributed by atoms with Gasteiger partial charge in [0.05, 0.1) is 10.3 Å². The Kier molecular flexibility index (Phi) is 5.14. The van der Waals surface area contributed by atoms with Gasteiger partial charge in [-0.05, 0) is 25.1 Å². The summed E-state index contributed by atoms with van der Waals surface area (Å²) in [5.74, 6) is 0.529. The third kappa shape index (κ3) is 4.23. The Labute approximate surface area is 128 Å². The average Bonchev–Trinajstić information content (AvgIpc) is 2.82. The Morgan fingerprint density at radius 2 is 2.15 bits per heavy atom. The standard InChI is InChI=1S/C12H16Cl2N2O3S/c13-9-1-2-11(14)12(7-9)19-6-5-16-4-3-10(8-16)20(15,17)18/h1-2,7,10H,3-6,8H2,(H2,15,17,18). The maximum absolute atomic E-state index is 11.2. The van der Waals surface area contributed by atoms with Crippen molar-refractivity contribution in [2.75, 3.05) is 26.2 Å². The molecule has 2 N–H and O–H groups in total. The fourth-order valence-corrected chi connectivity index (χ4v) is 3.33. The van der Waals surface area contributed by atoms with Gasteiger partial charge in [-0.2, -0.15) is 0 Å². The van der Waals surface area contributed by atoms with Crippen LogP contribution in [0.15, 0.2) is 18.2 Å². The first kappa shape index (κ1) is 15.9. The maximum Gasteiger partial charge on any atom is 0.213 e. The Balaban J connectivity index is 1.81. The number of ether oxygens (including phenoxy) is 1. The fraction of sp³-hybridized carbons (Fsp3) is 0.500. The van der Waals surface area contributed by atoms with Crippen LogP contribution in [0.2, 0.25) is 10.0 Å². The van der Waals surface area contributed by atoms with Gasteiger partial charge in [0.25, 0.3) is 0 Å². The molecule has 0 aromatic heterocycles. The molecule has 5 nitrogen and oxygen atoms in total. The summed E-state index contributed by atoms with van der Waals surface area (Å²) in [7, 11) is -3.45. The number of hydrogen-bond acceptors (Lipinski definition) is 4. The summed E-state index contributed by atoms with van der Waals surface area (Å²) in [5.41, 5.74) is 0. The van der Waals surface area contributed by atoms with E-state index in [9.17, 15) is 8.42 Å². The Hall–Kier alpha value is -0.530. The highest BCUT2D eigenvalue weighted by atomic mass is 35.5. The molecule has 0 radical (unpaired) electrons. The molecule has 0 aliphatic carbocycles. The largest absolute Gasteiger partial charge is 0.491 e. The van der Waals surface area contributed by atoms with Gasteiger partial charge in [-0.25, -0.2) is 13.6 Å². The van der Waals surface area contributed by atoms with Crippen LogP contribution >= 0.6 is 23.2 Å². The van der Waals surface area contributed by atoms with Gasteiger partial charge < -0.3 is 4.74 Å². The molecule has 1 aromatic carbocycles. The molecule has 0 amide bonds. The van der Waals surface area contributed by atoms with Crippen LogP contribution in [0.3, 0.4) is 0 Å². The van der Waals surface area contributed by atoms with Gasteiger partial charge in [0.1, 0.15) is 12.4 Å². The summed E-state index contributed by atoms with van der Waals surface area (Å²) in [6, 6.07) is 5.01. The van der Waals surface area contributed by atoms with E-state index in [1.807, 2.05) is 4.90 Å². The van der Waals surface area contributed by atoms with E-state index in [-0.39, 0.29) is 0 Å². The van der Waals surface area contributed by atoms with Crippen molar-refractivity contribution in [2.24, 2.45) is 5.14 Å². The number of likely N-dealkylation sites (tertiary alicyclic amines) is 1. The van der Waals surface area contributed by atoms with Crippen LogP contribution in [0.5, 0.6) is 5.75 Å². The van der Waals surface area contributed by atoms with Crippen LogP contribution in [0.4, 0.5) is 0 Å². The van der Waals surface area contributed by atoms with Gasteiger partial charge in [0.2, 0.25) is 10.0 Å². The van der Waals surface area contributed by atoms with Crippen LogP contribution in [0, 0.1) is 0 Å². The highest BCUT2D eigenvalue weighted by Crippen LogP contribution is 2.27. The fourth-order valence-electron chi connectivity index (χ4n) is 2.14. The van der Waals surface area contributed by atoms with Crippen LogP contribution in [-0.2, 0) is 10.0 Å². The minimum Gasteiger partial charge on any atom is -0.491 e. The molecule has 1 saturated heterocycles. The third-order valence-electron chi connectivity index (χ3n) is 3.25. The lowest BCUT2D eigenvalue weighted by Crippen LogP contribution is -2.33. The van der Waals surface area contributed by atoms with Crippen LogP contribution in [0.25, 0.3) is 0 Å². The zero-order valence-electron chi connectivity index (χ0n) is 10.8. The summed E-state index contributed by atoms with van der Waals surface area (Å²) in [6.07, 6.45) is 0.566. The SMILES string of the molecule is NS(=O)(=O)C1CCN(CCOc2cc(Cl)ccc2Cl)C1. The first-order chi connectivity index (χ1) is 9.36. The molecule has 0 spiro atoms. The number of rotatable bonds is 5. The zero-order chi connectivity index (χ0) is 14.8. The number of sulfonamides is 1. The van der Waals surface area contributed by atoms with Crippen molar-refractivity contribution in [3.05, 3.63) is 28.2 Å². The molecule has 1 fully saturated rings. The van der Waals surface area contributed by atoms with Crippen molar-refractivity contribution < 1.29 is 13.2 Å². The number of benzene rings is 1. The zero-order valence-corrected chi connectivity index (χ0v) is 13.1. The van der Waals surface area contributed by atoms with Crippen molar-refractivity contribution in [1.82, 2.24) is 4.90 Å². The molecular formula is C12H16Cl2N2O3S. The highest BCUT2D eigenvalue weighted by Gasteiger charge is 2.30. The van der Waals surface area contributed by atoms with Gasteiger partial charge in [0.15, 0.2) is 0 Å². The van der Waals surface area contributed by atoms with Gasteiger partial charge in [-0.15, -0.1) is 0 Å². The molecule has 2 rings (SSSR count). The van der Waals surface area contributed by atoms with Gasteiger partial charge in [-0.3, -0.25) is 4.90 Å². The second kappa shape index (κ2) is 6.49. The molecule has 1 aliphatic heterocycles. The molecule has 1 unspecified atom stereocenters. The van der Waals surface area contributed by atoms with Gasteiger partial charge in [0, 0.05) is 24.2 Å². The summed E-state index contributed by atoms with van der Waals surface area (Å²) in [6.45, 7) is 2.19. The first-order valence-electron chi connectivity index (χ1n) is 6.18.